The van der Waals surface area contributed by atoms with Gasteiger partial charge in [0.05, 0.1) is 0 Å². The lowest BCUT2D eigenvalue weighted by Gasteiger charge is -2.19. The molecule has 5 nitrogen and oxygen atoms in total. The number of ether oxygens (including phenoxy) is 1. The zero-order valence-electron chi connectivity index (χ0n) is 9.69. The molecule has 0 fully saturated rings. The summed E-state index contributed by atoms with van der Waals surface area (Å²) in [5.41, 5.74) is 5.44. The zero-order chi connectivity index (χ0) is 11.5. The molecular weight excluding hydrogens is 192 g/mol. The van der Waals surface area contributed by atoms with E-state index in [2.05, 4.69) is 9.97 Å². The van der Waals surface area contributed by atoms with Crippen molar-refractivity contribution in [1.29, 1.82) is 0 Å². The average molecular weight is 210 g/mol. The Kier molecular flexibility index (Phi) is 3.47. The van der Waals surface area contributed by atoms with Crippen LogP contribution < -0.4 is 15.4 Å². The molecule has 0 aliphatic carbocycles. The van der Waals surface area contributed by atoms with Crippen LogP contribution in [0.1, 0.15) is 13.8 Å². The van der Waals surface area contributed by atoms with Gasteiger partial charge in [-0.1, -0.05) is 0 Å². The van der Waals surface area contributed by atoms with Gasteiger partial charge in [0.2, 0.25) is 11.8 Å². The number of nitrogens with two attached hydrogens (primary N) is 1. The second-order valence-electron chi connectivity index (χ2n) is 4.37. The van der Waals surface area contributed by atoms with Crippen LogP contribution in [0.15, 0.2) is 12.3 Å². The fourth-order valence-electron chi connectivity index (χ4n) is 0.888. The summed E-state index contributed by atoms with van der Waals surface area (Å²) in [4.78, 5) is 10.1. The summed E-state index contributed by atoms with van der Waals surface area (Å²) in [5, 5.41) is 0. The summed E-state index contributed by atoms with van der Waals surface area (Å²) in [7, 11) is 3.76. The number of hydrogen-bond donors (Lipinski definition) is 1. The van der Waals surface area contributed by atoms with E-state index in [-0.39, 0.29) is 5.54 Å². The van der Waals surface area contributed by atoms with Crippen LogP contribution in [-0.2, 0) is 0 Å². The first-order valence-electron chi connectivity index (χ1n) is 4.80. The van der Waals surface area contributed by atoms with E-state index in [9.17, 15) is 0 Å². The summed E-state index contributed by atoms with van der Waals surface area (Å²) >= 11 is 0. The maximum Gasteiger partial charge on any atom is 0.228 e. The Hall–Kier alpha value is -1.36. The Bertz CT molecular complexity index is 319. The monoisotopic (exact) mass is 210 g/mol. The standard InChI is InChI=1S/C10H18N4O/c1-10(2,11)7-15-8-5-6-12-9(13-8)14(3)4/h5-6H,7,11H2,1-4H3. The van der Waals surface area contributed by atoms with Crippen molar-refractivity contribution in [2.75, 3.05) is 25.6 Å². The largest absolute Gasteiger partial charge is 0.476 e. The van der Waals surface area contributed by atoms with E-state index in [1.807, 2.05) is 32.8 Å². The topological polar surface area (TPSA) is 64.3 Å². The van der Waals surface area contributed by atoms with Gasteiger partial charge in [-0.25, -0.2) is 4.98 Å². The van der Waals surface area contributed by atoms with Crippen molar-refractivity contribution in [3.63, 3.8) is 0 Å². The maximum atomic E-state index is 5.80. The lowest BCUT2D eigenvalue weighted by molar-refractivity contribution is 0.235. The van der Waals surface area contributed by atoms with Crippen molar-refractivity contribution in [1.82, 2.24) is 9.97 Å². The van der Waals surface area contributed by atoms with Crippen molar-refractivity contribution in [2.24, 2.45) is 5.73 Å². The lowest BCUT2D eigenvalue weighted by atomic mass is 10.1. The fraction of sp³-hybridized carbons (Fsp3) is 0.600. The SMILES string of the molecule is CN(C)c1nccc(OCC(C)(C)N)n1. The molecule has 0 saturated carbocycles. The molecule has 0 unspecified atom stereocenters. The summed E-state index contributed by atoms with van der Waals surface area (Å²) < 4.78 is 5.46. The minimum absolute atomic E-state index is 0.358. The van der Waals surface area contributed by atoms with E-state index in [0.29, 0.717) is 18.4 Å². The van der Waals surface area contributed by atoms with Gasteiger partial charge >= 0.3 is 0 Å². The Morgan fingerprint density at radius 2 is 2.13 bits per heavy atom. The molecule has 15 heavy (non-hydrogen) atoms. The molecule has 0 aliphatic heterocycles. The third kappa shape index (κ3) is 4.12. The van der Waals surface area contributed by atoms with Crippen LogP contribution in [0.25, 0.3) is 0 Å². The van der Waals surface area contributed by atoms with Gasteiger partial charge in [-0.05, 0) is 13.8 Å². The summed E-state index contributed by atoms with van der Waals surface area (Å²) in [5.74, 6) is 1.18. The maximum absolute atomic E-state index is 5.80. The van der Waals surface area contributed by atoms with Gasteiger partial charge < -0.3 is 15.4 Å². The van der Waals surface area contributed by atoms with Gasteiger partial charge in [-0.15, -0.1) is 0 Å². The van der Waals surface area contributed by atoms with Crippen molar-refractivity contribution in [3.05, 3.63) is 12.3 Å². The third-order valence-electron chi connectivity index (χ3n) is 1.61. The van der Waals surface area contributed by atoms with Crippen LogP contribution in [0.2, 0.25) is 0 Å². The van der Waals surface area contributed by atoms with Crippen molar-refractivity contribution in [3.8, 4) is 5.88 Å². The molecule has 1 rings (SSSR count). The average Bonchev–Trinajstić information content (AvgIpc) is 2.14. The highest BCUT2D eigenvalue weighted by Gasteiger charge is 2.12. The first kappa shape index (κ1) is 11.7. The van der Waals surface area contributed by atoms with E-state index in [1.165, 1.54) is 0 Å². The first-order valence-corrected chi connectivity index (χ1v) is 4.80. The lowest BCUT2D eigenvalue weighted by Crippen LogP contribution is -2.38. The number of anilines is 1. The number of rotatable bonds is 4. The van der Waals surface area contributed by atoms with E-state index >= 15 is 0 Å². The van der Waals surface area contributed by atoms with Gasteiger partial charge in [-0.2, -0.15) is 4.98 Å². The minimum atomic E-state index is -0.358. The minimum Gasteiger partial charge on any atom is -0.476 e. The highest BCUT2D eigenvalue weighted by molar-refractivity contribution is 5.29. The van der Waals surface area contributed by atoms with Gasteiger partial charge in [-0.3, -0.25) is 0 Å². The molecule has 0 amide bonds. The third-order valence-corrected chi connectivity index (χ3v) is 1.61. The van der Waals surface area contributed by atoms with Gasteiger partial charge in [0.25, 0.3) is 0 Å². The molecular formula is C10H18N4O. The molecule has 0 aromatic carbocycles. The molecule has 1 heterocycles. The number of hydrogen-bond acceptors (Lipinski definition) is 5. The highest BCUT2D eigenvalue weighted by Crippen LogP contribution is 2.11. The molecule has 0 spiro atoms. The zero-order valence-corrected chi connectivity index (χ0v) is 9.69. The normalized spacial score (nSPS) is 11.3. The molecule has 0 saturated heterocycles. The summed E-state index contributed by atoms with van der Waals surface area (Å²) in [6.45, 7) is 4.24. The van der Waals surface area contributed by atoms with Gasteiger partial charge in [0, 0.05) is 31.9 Å². The first-order chi connectivity index (χ1) is 6.88. The summed E-state index contributed by atoms with van der Waals surface area (Å²) in [6, 6.07) is 1.72. The second-order valence-corrected chi connectivity index (χ2v) is 4.37. The van der Waals surface area contributed by atoms with E-state index in [0.717, 1.165) is 0 Å². The summed E-state index contributed by atoms with van der Waals surface area (Å²) in [6.07, 6.45) is 1.67. The molecule has 2 N–H and O–H groups in total. The van der Waals surface area contributed by atoms with Crippen molar-refractivity contribution in [2.45, 2.75) is 19.4 Å². The molecule has 84 valence electrons. The number of nitrogens with zero attached hydrogens (tertiary/aromatic N) is 3. The highest BCUT2D eigenvalue weighted by atomic mass is 16.5. The van der Waals surface area contributed by atoms with E-state index < -0.39 is 0 Å². The predicted molar refractivity (Wildman–Crippen MR) is 60.1 cm³/mol. The van der Waals surface area contributed by atoms with Crippen LogP contribution in [0.5, 0.6) is 5.88 Å². The quantitative estimate of drug-likeness (QED) is 0.790. The molecule has 0 aliphatic rings. The van der Waals surface area contributed by atoms with Crippen LogP contribution in [0.3, 0.4) is 0 Å². The Labute approximate surface area is 90.3 Å². The van der Waals surface area contributed by atoms with Crippen LogP contribution in [0, 0.1) is 0 Å². The van der Waals surface area contributed by atoms with Gasteiger partial charge in [0.15, 0.2) is 0 Å². The van der Waals surface area contributed by atoms with Crippen molar-refractivity contribution < 1.29 is 4.74 Å². The molecule has 5 heteroatoms. The number of aromatic nitrogens is 2. The Morgan fingerprint density at radius 1 is 1.47 bits per heavy atom. The Morgan fingerprint density at radius 3 is 2.67 bits per heavy atom. The molecule has 1 aromatic heterocycles. The molecule has 0 atom stereocenters. The van der Waals surface area contributed by atoms with Crippen LogP contribution in [0.4, 0.5) is 5.95 Å². The van der Waals surface area contributed by atoms with E-state index in [1.54, 1.807) is 12.3 Å². The van der Waals surface area contributed by atoms with Crippen molar-refractivity contribution >= 4 is 5.95 Å². The second kappa shape index (κ2) is 4.44. The fourth-order valence-corrected chi connectivity index (χ4v) is 0.888. The molecule has 0 bridgehead atoms. The van der Waals surface area contributed by atoms with E-state index in [4.69, 9.17) is 10.5 Å². The smallest absolute Gasteiger partial charge is 0.228 e. The van der Waals surface area contributed by atoms with Gasteiger partial charge in [0.1, 0.15) is 6.61 Å². The Balaban J connectivity index is 2.66. The predicted octanol–water partition coefficient (Wildman–Crippen LogP) is 0.659. The molecule has 0 radical (unpaired) electrons. The van der Waals surface area contributed by atoms with Crippen LogP contribution >= 0.6 is 0 Å². The molecule has 1 aromatic rings. The van der Waals surface area contributed by atoms with Crippen LogP contribution in [-0.4, -0.2) is 36.2 Å².